The number of nitrogens with zero attached hydrogens (tertiary/aromatic N) is 7. The molecule has 4 aromatic rings. The summed E-state index contributed by atoms with van der Waals surface area (Å²) in [4.78, 5) is 35.3. The number of carbonyl (C=O) groups is 2. The Morgan fingerprint density at radius 3 is 2.47 bits per heavy atom. The van der Waals surface area contributed by atoms with Gasteiger partial charge in [-0.25, -0.2) is 4.68 Å². The Labute approximate surface area is 262 Å². The van der Waals surface area contributed by atoms with Gasteiger partial charge < -0.3 is 25.0 Å². The molecule has 6 rings (SSSR count). The summed E-state index contributed by atoms with van der Waals surface area (Å²) in [5, 5.41) is 11.4. The maximum Gasteiger partial charge on any atom is 0.257 e. The molecule has 2 amide bonds. The van der Waals surface area contributed by atoms with E-state index in [0.29, 0.717) is 42.9 Å². The summed E-state index contributed by atoms with van der Waals surface area (Å²) in [5.41, 5.74) is 8.14. The van der Waals surface area contributed by atoms with Gasteiger partial charge in [0.25, 0.3) is 5.91 Å². The fourth-order valence-corrected chi connectivity index (χ4v) is 6.89. The lowest BCUT2D eigenvalue weighted by Crippen LogP contribution is -2.50. The molecule has 0 bridgehead atoms. The predicted octanol–water partition coefficient (Wildman–Crippen LogP) is 2.77. The molecular weight excluding hydrogens is 572 g/mol. The van der Waals surface area contributed by atoms with Crippen molar-refractivity contribution in [2.75, 3.05) is 46.9 Å². The van der Waals surface area contributed by atoms with Crippen molar-refractivity contribution in [1.29, 1.82) is 0 Å². The van der Waals surface area contributed by atoms with E-state index in [9.17, 15) is 9.59 Å². The topological polar surface area (TPSA) is 142 Å². The average molecular weight is 611 g/mol. The quantitative estimate of drug-likeness (QED) is 0.287. The number of carbonyl (C=O) groups excluding carboxylic acids is 2. The molecule has 0 saturated carbocycles. The van der Waals surface area contributed by atoms with Gasteiger partial charge in [-0.1, -0.05) is 18.2 Å². The van der Waals surface area contributed by atoms with Crippen molar-refractivity contribution in [1.82, 2.24) is 35.0 Å². The van der Waals surface area contributed by atoms with E-state index in [1.54, 1.807) is 38.7 Å². The number of hydrogen-bond donors (Lipinski definition) is 1. The number of ether oxygens (including phenoxy) is 2. The van der Waals surface area contributed by atoms with Crippen LogP contribution in [0.15, 0.2) is 73.3 Å². The number of piperidine rings is 1. The molecule has 0 spiro atoms. The Bertz CT molecular complexity index is 1640. The second-order valence-corrected chi connectivity index (χ2v) is 11.9. The third-order valence-electron chi connectivity index (χ3n) is 9.65. The summed E-state index contributed by atoms with van der Waals surface area (Å²) < 4.78 is 12.7. The normalized spacial score (nSPS) is 19.7. The zero-order chi connectivity index (χ0) is 31.4. The monoisotopic (exact) mass is 610 g/mol. The number of rotatable bonds is 10. The lowest BCUT2D eigenvalue weighted by molar-refractivity contribution is -0.125. The molecule has 0 aliphatic carbocycles. The first-order valence-electron chi connectivity index (χ1n) is 15.2. The number of aromatic nitrogens is 5. The van der Waals surface area contributed by atoms with Gasteiger partial charge >= 0.3 is 0 Å². The number of primary amides is 1. The van der Waals surface area contributed by atoms with Crippen LogP contribution in [0.5, 0.6) is 11.5 Å². The number of likely N-dealkylation sites (tertiary alicyclic amines) is 2. The first-order chi connectivity index (χ1) is 21.9. The molecular formula is C33H38N8O4. The van der Waals surface area contributed by atoms with Gasteiger partial charge in [-0.05, 0) is 103 Å². The summed E-state index contributed by atoms with van der Waals surface area (Å²) in [7, 11) is 3.23. The zero-order valence-corrected chi connectivity index (χ0v) is 25.6. The van der Waals surface area contributed by atoms with Gasteiger partial charge in [0.05, 0.1) is 30.9 Å². The Hall–Kier alpha value is -4.84. The number of amides is 2. The summed E-state index contributed by atoms with van der Waals surface area (Å²) in [5.74, 6) is 0.878. The molecule has 2 aliphatic rings. The van der Waals surface area contributed by atoms with Crippen LogP contribution in [0.25, 0.3) is 5.69 Å². The number of pyridine rings is 1. The predicted molar refractivity (Wildman–Crippen MR) is 166 cm³/mol. The highest BCUT2D eigenvalue weighted by Crippen LogP contribution is 2.41. The van der Waals surface area contributed by atoms with Gasteiger partial charge in [-0.2, -0.15) is 0 Å². The van der Waals surface area contributed by atoms with Crippen LogP contribution >= 0.6 is 0 Å². The molecule has 2 aliphatic heterocycles. The molecule has 2 N–H and O–H groups in total. The molecule has 2 fully saturated rings. The molecule has 0 radical (unpaired) electrons. The minimum atomic E-state index is -0.707. The summed E-state index contributed by atoms with van der Waals surface area (Å²) in [6.45, 7) is 3.46. The molecule has 2 aromatic heterocycles. The Balaban J connectivity index is 1.22. The molecule has 45 heavy (non-hydrogen) atoms. The highest BCUT2D eigenvalue weighted by molar-refractivity contribution is 5.98. The van der Waals surface area contributed by atoms with Crippen LogP contribution in [0.4, 0.5) is 0 Å². The molecule has 234 valence electrons. The van der Waals surface area contributed by atoms with Gasteiger partial charge in [0, 0.05) is 30.9 Å². The van der Waals surface area contributed by atoms with Gasteiger partial charge in [0.1, 0.15) is 17.8 Å². The molecule has 2 saturated heterocycles. The van der Waals surface area contributed by atoms with Crippen molar-refractivity contribution in [3.63, 3.8) is 0 Å². The largest absolute Gasteiger partial charge is 0.497 e. The maximum atomic E-state index is 14.1. The highest BCUT2D eigenvalue weighted by atomic mass is 16.5. The Kier molecular flexibility index (Phi) is 8.48. The van der Waals surface area contributed by atoms with Crippen molar-refractivity contribution >= 4 is 11.8 Å². The molecule has 1 atom stereocenters. The van der Waals surface area contributed by atoms with Gasteiger partial charge in [0.15, 0.2) is 0 Å². The van der Waals surface area contributed by atoms with Crippen molar-refractivity contribution in [3.8, 4) is 17.2 Å². The molecule has 12 nitrogen and oxygen atoms in total. The van der Waals surface area contributed by atoms with Crippen LogP contribution in [0.2, 0.25) is 0 Å². The van der Waals surface area contributed by atoms with E-state index >= 15 is 0 Å². The lowest BCUT2D eigenvalue weighted by atomic mass is 9.72. The smallest absolute Gasteiger partial charge is 0.257 e. The van der Waals surface area contributed by atoms with E-state index in [0.717, 1.165) is 49.4 Å². The van der Waals surface area contributed by atoms with Crippen molar-refractivity contribution in [2.24, 2.45) is 5.73 Å². The van der Waals surface area contributed by atoms with Gasteiger partial charge in [0.2, 0.25) is 5.91 Å². The van der Waals surface area contributed by atoms with Crippen LogP contribution in [-0.2, 0) is 15.6 Å². The molecule has 1 unspecified atom stereocenters. The third-order valence-corrected chi connectivity index (χ3v) is 9.65. The number of methoxy groups -OCH3 is 2. The minimum absolute atomic E-state index is 0.104. The summed E-state index contributed by atoms with van der Waals surface area (Å²) in [6, 6.07) is 17.3. The highest BCUT2D eigenvalue weighted by Gasteiger charge is 2.44. The Morgan fingerprint density at radius 2 is 1.78 bits per heavy atom. The minimum Gasteiger partial charge on any atom is -0.497 e. The van der Waals surface area contributed by atoms with Gasteiger partial charge in [-0.3, -0.25) is 14.6 Å². The summed E-state index contributed by atoms with van der Waals surface area (Å²) in [6.07, 6.45) is 7.88. The third kappa shape index (κ3) is 5.85. The van der Waals surface area contributed by atoms with Crippen LogP contribution in [0.1, 0.15) is 47.2 Å². The van der Waals surface area contributed by atoms with Crippen molar-refractivity contribution in [2.45, 2.75) is 36.5 Å². The maximum absolute atomic E-state index is 14.1. The van der Waals surface area contributed by atoms with Gasteiger partial charge in [-0.15, -0.1) is 5.10 Å². The van der Waals surface area contributed by atoms with Crippen molar-refractivity contribution in [3.05, 3.63) is 90.0 Å². The van der Waals surface area contributed by atoms with Crippen molar-refractivity contribution < 1.29 is 19.1 Å². The fraction of sp³-hybridized carbons (Fsp3) is 0.394. The second kappa shape index (κ2) is 12.6. The molecule has 12 heteroatoms. The zero-order valence-electron chi connectivity index (χ0n) is 25.6. The first-order valence-corrected chi connectivity index (χ1v) is 15.2. The summed E-state index contributed by atoms with van der Waals surface area (Å²) >= 11 is 0. The Morgan fingerprint density at radius 1 is 0.956 bits per heavy atom. The molecule has 2 aromatic carbocycles. The van der Waals surface area contributed by atoms with Crippen LogP contribution in [-0.4, -0.2) is 93.7 Å². The number of nitrogens with two attached hydrogens (primary N) is 1. The van der Waals surface area contributed by atoms with E-state index in [2.05, 4.69) is 37.5 Å². The standard InChI is InChI=1S/C33H38N8O4/c1-44-27-7-3-5-24(19-27)32(10-15-39-16-12-33(13-17-39,31(34)43)25-6-4-14-35-21-25)11-18-40(22-32)30(42)28-20-26(8-9-29(28)45-2)41-23-36-37-38-41/h3-9,14,19-21,23H,10-13,15-18,22H2,1-2H3,(H2,34,43). The average Bonchev–Trinajstić information content (AvgIpc) is 3.79. The van der Waals surface area contributed by atoms with E-state index < -0.39 is 5.41 Å². The number of tetrazole rings is 1. The lowest BCUT2D eigenvalue weighted by Gasteiger charge is -2.41. The van der Waals surface area contributed by atoms with Crippen LogP contribution in [0, 0.1) is 0 Å². The van der Waals surface area contributed by atoms with Crippen LogP contribution < -0.4 is 15.2 Å². The molecule has 4 heterocycles. The van der Waals surface area contributed by atoms with Crippen LogP contribution in [0.3, 0.4) is 0 Å². The van der Waals surface area contributed by atoms with E-state index in [4.69, 9.17) is 15.2 Å². The number of hydrogen-bond acceptors (Lipinski definition) is 9. The fourth-order valence-electron chi connectivity index (χ4n) is 6.89. The van der Waals surface area contributed by atoms with E-state index in [-0.39, 0.29) is 17.2 Å². The first kappa shape index (κ1) is 30.2. The number of benzene rings is 2. The SMILES string of the molecule is COc1cccc(C2(CCN3CCC(C(N)=O)(c4cccnc4)CC3)CCN(C(=O)c3cc(-n4cnnn4)ccc3OC)C2)c1. The van der Waals surface area contributed by atoms with E-state index in [1.165, 1.54) is 11.0 Å². The van der Waals surface area contributed by atoms with E-state index in [1.807, 2.05) is 35.2 Å². The second-order valence-electron chi connectivity index (χ2n) is 11.9.